The van der Waals surface area contributed by atoms with E-state index >= 15 is 0 Å². The average Bonchev–Trinajstić information content (AvgIpc) is 3.41. The quantitative estimate of drug-likeness (QED) is 0.511. The maximum absolute atomic E-state index is 14.2. The van der Waals surface area contributed by atoms with Gasteiger partial charge in [-0.2, -0.15) is 5.10 Å². The van der Waals surface area contributed by atoms with Crippen molar-refractivity contribution < 1.29 is 14.3 Å². The number of aryl methyl sites for hydroxylation is 2. The molecule has 1 N–H and O–H groups in total. The van der Waals surface area contributed by atoms with Crippen LogP contribution in [0.5, 0.6) is 0 Å². The van der Waals surface area contributed by atoms with Crippen molar-refractivity contribution in [2.75, 3.05) is 39.3 Å². The number of piperidine rings is 1. The number of aliphatic carboxylic acids is 1. The van der Waals surface area contributed by atoms with Gasteiger partial charge in [0.25, 0.3) is 0 Å². The molecular weight excluding hydrogens is 467 g/mol. The lowest BCUT2D eigenvalue weighted by molar-refractivity contribution is -0.156. The van der Waals surface area contributed by atoms with E-state index in [1.54, 1.807) is 6.07 Å². The van der Waals surface area contributed by atoms with Crippen molar-refractivity contribution in [1.29, 1.82) is 0 Å². The molecule has 2 aromatic rings. The Bertz CT molecular complexity index is 1100. The third-order valence-corrected chi connectivity index (χ3v) is 9.54. The second-order valence-corrected chi connectivity index (χ2v) is 11.7. The third kappa shape index (κ3) is 5.22. The van der Waals surface area contributed by atoms with Gasteiger partial charge in [-0.25, -0.2) is 4.39 Å². The molecule has 3 heterocycles. The van der Waals surface area contributed by atoms with Crippen LogP contribution >= 0.6 is 0 Å². The summed E-state index contributed by atoms with van der Waals surface area (Å²) >= 11 is 0. The lowest BCUT2D eigenvalue weighted by atomic mass is 9.68. The monoisotopic (exact) mass is 510 g/mol. The zero-order valence-electron chi connectivity index (χ0n) is 22.8. The molecule has 5 rings (SSSR count). The summed E-state index contributed by atoms with van der Waals surface area (Å²) in [6, 6.07) is 7.05. The summed E-state index contributed by atoms with van der Waals surface area (Å²) in [5.74, 6) is 0.335. The van der Waals surface area contributed by atoms with Crippen LogP contribution in [0.3, 0.4) is 0 Å². The Hall–Kier alpha value is -2.25. The number of likely N-dealkylation sites (tertiary alicyclic amines) is 2. The highest BCUT2D eigenvalue weighted by atomic mass is 19.1. The number of carboxylic acid groups (broad SMARTS) is 1. The number of nitrogens with zero attached hydrogens (tertiary/aromatic N) is 4. The molecule has 7 heteroatoms. The lowest BCUT2D eigenvalue weighted by Gasteiger charge is -2.40. The van der Waals surface area contributed by atoms with E-state index < -0.39 is 11.4 Å². The fourth-order valence-corrected chi connectivity index (χ4v) is 7.32. The largest absolute Gasteiger partial charge is 0.481 e. The maximum Gasteiger partial charge on any atom is 0.310 e. The molecule has 202 valence electrons. The molecule has 0 unspecified atom stereocenters. The summed E-state index contributed by atoms with van der Waals surface area (Å²) < 4.78 is 16.3. The van der Waals surface area contributed by atoms with Crippen LogP contribution in [0.25, 0.3) is 0 Å². The smallest absolute Gasteiger partial charge is 0.310 e. The zero-order valence-corrected chi connectivity index (χ0v) is 22.8. The van der Waals surface area contributed by atoms with Crippen molar-refractivity contribution in [3.63, 3.8) is 0 Å². The number of hydrogen-bond acceptors (Lipinski definition) is 4. The molecule has 37 heavy (non-hydrogen) atoms. The van der Waals surface area contributed by atoms with E-state index in [-0.39, 0.29) is 11.7 Å². The summed E-state index contributed by atoms with van der Waals surface area (Å²) in [5.41, 5.74) is 4.54. The average molecular weight is 511 g/mol. The molecule has 2 aliphatic heterocycles. The number of hydrogen-bond donors (Lipinski definition) is 1. The van der Waals surface area contributed by atoms with E-state index in [0.717, 1.165) is 83.4 Å². The molecule has 1 aliphatic carbocycles. The number of halogens is 1. The maximum atomic E-state index is 14.2. The summed E-state index contributed by atoms with van der Waals surface area (Å²) in [7, 11) is 0. The van der Waals surface area contributed by atoms with Gasteiger partial charge in [0.05, 0.1) is 11.1 Å². The van der Waals surface area contributed by atoms with Gasteiger partial charge in [0.2, 0.25) is 0 Å². The van der Waals surface area contributed by atoms with E-state index in [2.05, 4.69) is 35.3 Å². The molecular formula is C30H43FN4O2. The van der Waals surface area contributed by atoms with Crippen LogP contribution in [0.15, 0.2) is 24.3 Å². The topological polar surface area (TPSA) is 61.6 Å². The number of benzene rings is 1. The summed E-state index contributed by atoms with van der Waals surface area (Å²) in [5, 5.41) is 14.8. The predicted molar refractivity (Wildman–Crippen MR) is 143 cm³/mol. The van der Waals surface area contributed by atoms with E-state index in [9.17, 15) is 14.3 Å². The fourth-order valence-electron chi connectivity index (χ4n) is 7.32. The summed E-state index contributed by atoms with van der Waals surface area (Å²) in [6.07, 6.45) is 5.82. The van der Waals surface area contributed by atoms with Gasteiger partial charge in [-0.3, -0.25) is 9.48 Å². The highest BCUT2D eigenvalue weighted by Gasteiger charge is 2.47. The Balaban J connectivity index is 1.27. The molecule has 3 aliphatic rings. The summed E-state index contributed by atoms with van der Waals surface area (Å²) in [4.78, 5) is 17.0. The fraction of sp³-hybridized carbons (Fsp3) is 0.667. The first kappa shape index (κ1) is 26.4. The second-order valence-electron chi connectivity index (χ2n) is 11.7. The van der Waals surface area contributed by atoms with Gasteiger partial charge in [-0.15, -0.1) is 0 Å². The third-order valence-electron chi connectivity index (χ3n) is 9.54. The Kier molecular flexibility index (Phi) is 7.73. The molecule has 3 fully saturated rings. The number of carbonyl (C=O) groups is 1. The highest BCUT2D eigenvalue weighted by Crippen LogP contribution is 2.44. The van der Waals surface area contributed by atoms with Crippen LogP contribution in [0.1, 0.15) is 80.3 Å². The molecule has 0 radical (unpaired) electrons. The number of aromatic nitrogens is 2. The van der Waals surface area contributed by atoms with Gasteiger partial charge in [0, 0.05) is 44.3 Å². The van der Waals surface area contributed by atoms with Crippen molar-refractivity contribution in [3.8, 4) is 0 Å². The van der Waals surface area contributed by atoms with Crippen LogP contribution in [0.4, 0.5) is 4.39 Å². The molecule has 2 saturated heterocycles. The van der Waals surface area contributed by atoms with Crippen LogP contribution in [0.2, 0.25) is 0 Å². The minimum absolute atomic E-state index is 0.189. The van der Waals surface area contributed by atoms with Crippen molar-refractivity contribution in [2.24, 2.45) is 11.3 Å². The molecule has 6 nitrogen and oxygen atoms in total. The number of rotatable bonds is 9. The molecule has 1 saturated carbocycles. The van der Waals surface area contributed by atoms with Gasteiger partial charge in [0.15, 0.2) is 0 Å². The Morgan fingerprint density at radius 2 is 1.92 bits per heavy atom. The molecule has 1 aromatic carbocycles. The Morgan fingerprint density at radius 3 is 2.51 bits per heavy atom. The molecule has 1 aromatic heterocycles. The van der Waals surface area contributed by atoms with Crippen molar-refractivity contribution in [2.45, 2.75) is 77.7 Å². The highest BCUT2D eigenvalue weighted by molar-refractivity contribution is 5.76. The normalized spacial score (nSPS) is 24.9. The van der Waals surface area contributed by atoms with Crippen LogP contribution in [-0.2, 0) is 17.8 Å². The van der Waals surface area contributed by atoms with Crippen LogP contribution in [-0.4, -0.2) is 69.9 Å². The Labute approximate surface area is 220 Å². The van der Waals surface area contributed by atoms with E-state index in [1.165, 1.54) is 23.0 Å². The minimum atomic E-state index is -0.653. The van der Waals surface area contributed by atoms with Crippen LogP contribution in [0, 0.1) is 24.1 Å². The molecule has 0 spiro atoms. The molecule has 0 amide bonds. The van der Waals surface area contributed by atoms with Crippen molar-refractivity contribution >= 4 is 5.97 Å². The van der Waals surface area contributed by atoms with Gasteiger partial charge in [-0.05, 0) is 94.1 Å². The second kappa shape index (κ2) is 10.9. The van der Waals surface area contributed by atoms with Gasteiger partial charge in [-0.1, -0.05) is 25.5 Å². The minimum Gasteiger partial charge on any atom is -0.481 e. The first-order chi connectivity index (χ1) is 17.8. The first-order valence-electron chi connectivity index (χ1n) is 14.3. The van der Waals surface area contributed by atoms with Gasteiger partial charge < -0.3 is 14.9 Å². The zero-order chi connectivity index (χ0) is 26.2. The standard InChI is InChI=1S/C30H43FN4O2/c1-4-27-28(21(3)35(5-2)32-27)22-10-14-33(15-11-22)17-24-18-34(20-30(29(36)37)12-7-13-30)19-26(24)23-8-6-9-25(31)16-23/h6,8-9,16,22,24,26H,4-5,7,10-15,17-20H2,1-3H3,(H,36,37)/t24-,26+/m0/s1. The number of carboxylic acids is 1. The molecule has 2 atom stereocenters. The van der Waals surface area contributed by atoms with Gasteiger partial charge >= 0.3 is 5.97 Å². The lowest BCUT2D eigenvalue weighted by Crippen LogP contribution is -2.47. The molecule has 0 bridgehead atoms. The van der Waals surface area contributed by atoms with Crippen molar-refractivity contribution in [3.05, 3.63) is 52.6 Å². The van der Waals surface area contributed by atoms with Gasteiger partial charge in [0.1, 0.15) is 5.82 Å². The van der Waals surface area contributed by atoms with Crippen LogP contribution < -0.4 is 0 Å². The summed E-state index contributed by atoms with van der Waals surface area (Å²) in [6.45, 7) is 12.9. The van der Waals surface area contributed by atoms with E-state index in [4.69, 9.17) is 5.10 Å². The van der Waals surface area contributed by atoms with E-state index in [1.807, 2.05) is 12.1 Å². The first-order valence-corrected chi connectivity index (χ1v) is 14.3. The SMILES string of the molecule is CCc1nn(CC)c(C)c1C1CCN(C[C@H]2CN(CC3(C(=O)O)CCC3)C[C@@H]2c2cccc(F)c2)CC1. The van der Waals surface area contributed by atoms with E-state index in [0.29, 0.717) is 18.4 Å². The van der Waals surface area contributed by atoms with Crippen molar-refractivity contribution in [1.82, 2.24) is 19.6 Å². The predicted octanol–water partition coefficient (Wildman–Crippen LogP) is 5.06. The Morgan fingerprint density at radius 1 is 1.16 bits per heavy atom.